The van der Waals surface area contributed by atoms with E-state index in [1.165, 1.54) is 4.80 Å². The van der Waals surface area contributed by atoms with E-state index in [2.05, 4.69) is 20.5 Å². The number of nitrogens with zero attached hydrogens (tertiary/aromatic N) is 6. The van der Waals surface area contributed by atoms with Gasteiger partial charge in [0.1, 0.15) is 0 Å². The minimum atomic E-state index is -0.358. The molecule has 0 radical (unpaired) electrons. The van der Waals surface area contributed by atoms with Gasteiger partial charge in [0.05, 0.1) is 24.4 Å². The Morgan fingerprint density at radius 2 is 1.82 bits per heavy atom. The number of carbonyl (C=O) groups excluding carboxylic acids is 1. The van der Waals surface area contributed by atoms with Crippen LogP contribution in [-0.2, 0) is 11.3 Å². The van der Waals surface area contributed by atoms with Crippen LogP contribution in [0.3, 0.4) is 0 Å². The Bertz CT molecular complexity index is 1030. The van der Waals surface area contributed by atoms with Crippen molar-refractivity contribution < 1.29 is 9.53 Å². The summed E-state index contributed by atoms with van der Waals surface area (Å²) >= 11 is 0. The SMILES string of the molecule is O=C(OCCCn1nnc(-c2ccccc2)n1)c1ccc(-n2cccn2)cc1. The molecular weight excluding hydrogens is 356 g/mol. The molecule has 0 fully saturated rings. The molecule has 8 heteroatoms. The molecule has 0 bridgehead atoms. The third-order valence-electron chi connectivity index (χ3n) is 4.09. The van der Waals surface area contributed by atoms with E-state index in [0.717, 1.165) is 11.3 Å². The van der Waals surface area contributed by atoms with Gasteiger partial charge >= 0.3 is 5.97 Å². The van der Waals surface area contributed by atoms with Crippen molar-refractivity contribution in [2.24, 2.45) is 0 Å². The summed E-state index contributed by atoms with van der Waals surface area (Å²) in [5.41, 5.74) is 2.30. The third-order valence-corrected chi connectivity index (χ3v) is 4.09. The molecule has 0 aliphatic heterocycles. The molecule has 0 spiro atoms. The van der Waals surface area contributed by atoms with Crippen LogP contribution in [-0.4, -0.2) is 42.6 Å². The van der Waals surface area contributed by atoms with Crippen molar-refractivity contribution in [2.45, 2.75) is 13.0 Å². The van der Waals surface area contributed by atoms with Crippen LogP contribution in [0.1, 0.15) is 16.8 Å². The van der Waals surface area contributed by atoms with Crippen LogP contribution in [0.5, 0.6) is 0 Å². The molecule has 0 saturated heterocycles. The first-order valence-electron chi connectivity index (χ1n) is 8.90. The predicted molar refractivity (Wildman–Crippen MR) is 102 cm³/mol. The molecule has 4 aromatic rings. The highest BCUT2D eigenvalue weighted by atomic mass is 16.5. The molecule has 2 heterocycles. The third kappa shape index (κ3) is 4.12. The van der Waals surface area contributed by atoms with Crippen LogP contribution in [0.15, 0.2) is 73.1 Å². The maximum Gasteiger partial charge on any atom is 0.338 e. The molecule has 2 aromatic heterocycles. The normalized spacial score (nSPS) is 10.7. The van der Waals surface area contributed by atoms with Crippen molar-refractivity contribution in [3.8, 4) is 17.1 Å². The summed E-state index contributed by atoms with van der Waals surface area (Å²) in [6.45, 7) is 0.799. The molecule has 0 amide bonds. The van der Waals surface area contributed by atoms with Crippen molar-refractivity contribution in [3.63, 3.8) is 0 Å². The van der Waals surface area contributed by atoms with Gasteiger partial charge in [-0.1, -0.05) is 30.3 Å². The van der Waals surface area contributed by atoms with Crippen molar-refractivity contribution in [2.75, 3.05) is 6.61 Å². The second kappa shape index (κ2) is 8.26. The summed E-state index contributed by atoms with van der Waals surface area (Å²) < 4.78 is 7.05. The van der Waals surface area contributed by atoms with E-state index < -0.39 is 0 Å². The molecular formula is C20H18N6O2. The standard InChI is InChI=1S/C20H18N6O2/c27-20(17-8-10-18(11-9-17)25-13-4-12-21-25)28-15-5-14-26-23-19(22-24-26)16-6-2-1-3-7-16/h1-4,6-13H,5,14-15H2. The number of carbonyl (C=O) groups is 1. The summed E-state index contributed by atoms with van der Waals surface area (Å²) in [4.78, 5) is 13.7. The number of benzene rings is 2. The van der Waals surface area contributed by atoms with Gasteiger partial charge in [0.25, 0.3) is 0 Å². The lowest BCUT2D eigenvalue weighted by Gasteiger charge is -2.06. The molecule has 0 aliphatic carbocycles. The Hall–Kier alpha value is -3.81. The number of ether oxygens (including phenoxy) is 1. The molecule has 0 unspecified atom stereocenters. The number of esters is 1. The number of tetrazole rings is 1. The summed E-state index contributed by atoms with van der Waals surface area (Å²) in [5, 5.41) is 16.6. The highest BCUT2D eigenvalue weighted by Gasteiger charge is 2.08. The number of aryl methyl sites for hydroxylation is 1. The maximum atomic E-state index is 12.1. The quantitative estimate of drug-likeness (QED) is 0.365. The zero-order chi connectivity index (χ0) is 19.2. The average Bonchev–Trinajstić information content (AvgIpc) is 3.44. The topological polar surface area (TPSA) is 87.7 Å². The molecule has 4 rings (SSSR count). The van der Waals surface area contributed by atoms with E-state index in [0.29, 0.717) is 24.4 Å². The van der Waals surface area contributed by atoms with Gasteiger partial charge in [0.15, 0.2) is 0 Å². The molecule has 8 nitrogen and oxygen atoms in total. The van der Waals surface area contributed by atoms with Gasteiger partial charge in [0.2, 0.25) is 5.82 Å². The largest absolute Gasteiger partial charge is 0.462 e. The zero-order valence-corrected chi connectivity index (χ0v) is 15.0. The molecule has 0 saturated carbocycles. The van der Waals surface area contributed by atoms with Crippen LogP contribution in [0.2, 0.25) is 0 Å². The van der Waals surface area contributed by atoms with E-state index in [9.17, 15) is 4.79 Å². The Labute approximate surface area is 161 Å². The molecule has 2 aromatic carbocycles. The fraction of sp³-hybridized carbons (Fsp3) is 0.150. The van der Waals surface area contributed by atoms with Gasteiger partial charge < -0.3 is 4.74 Å². The van der Waals surface area contributed by atoms with E-state index >= 15 is 0 Å². The Morgan fingerprint density at radius 1 is 1.00 bits per heavy atom. The molecule has 140 valence electrons. The number of rotatable bonds is 7. The van der Waals surface area contributed by atoms with Gasteiger partial charge in [-0.3, -0.25) is 0 Å². The maximum absolute atomic E-state index is 12.1. The van der Waals surface area contributed by atoms with Gasteiger partial charge in [-0.2, -0.15) is 9.90 Å². The minimum absolute atomic E-state index is 0.280. The van der Waals surface area contributed by atoms with Crippen LogP contribution in [0.25, 0.3) is 17.1 Å². The fourth-order valence-corrected chi connectivity index (χ4v) is 2.67. The van der Waals surface area contributed by atoms with Gasteiger partial charge in [-0.25, -0.2) is 9.48 Å². The monoisotopic (exact) mass is 374 g/mol. The van der Waals surface area contributed by atoms with Gasteiger partial charge in [-0.05, 0) is 35.5 Å². The minimum Gasteiger partial charge on any atom is -0.462 e. The zero-order valence-electron chi connectivity index (χ0n) is 15.0. The van der Waals surface area contributed by atoms with Crippen LogP contribution in [0.4, 0.5) is 0 Å². The van der Waals surface area contributed by atoms with Crippen LogP contribution < -0.4 is 0 Å². The van der Waals surface area contributed by atoms with Gasteiger partial charge in [-0.15, -0.1) is 10.2 Å². The molecule has 28 heavy (non-hydrogen) atoms. The number of hydrogen-bond donors (Lipinski definition) is 0. The first kappa shape index (κ1) is 17.6. The van der Waals surface area contributed by atoms with E-state index in [-0.39, 0.29) is 12.6 Å². The average molecular weight is 374 g/mol. The van der Waals surface area contributed by atoms with Crippen molar-refractivity contribution in [1.82, 2.24) is 30.0 Å². The molecule has 0 aliphatic rings. The van der Waals surface area contributed by atoms with Gasteiger partial charge in [0, 0.05) is 24.4 Å². The summed E-state index contributed by atoms with van der Waals surface area (Å²) in [5.74, 6) is 0.221. The van der Waals surface area contributed by atoms with Crippen molar-refractivity contribution in [1.29, 1.82) is 0 Å². The Morgan fingerprint density at radius 3 is 2.57 bits per heavy atom. The van der Waals surface area contributed by atoms with E-state index in [4.69, 9.17) is 4.74 Å². The van der Waals surface area contributed by atoms with E-state index in [1.54, 1.807) is 23.0 Å². The van der Waals surface area contributed by atoms with Crippen LogP contribution in [0, 0.1) is 0 Å². The van der Waals surface area contributed by atoms with Crippen LogP contribution >= 0.6 is 0 Å². The second-order valence-electron chi connectivity index (χ2n) is 6.06. The number of hydrogen-bond acceptors (Lipinski definition) is 6. The first-order valence-corrected chi connectivity index (χ1v) is 8.90. The lowest BCUT2D eigenvalue weighted by Crippen LogP contribution is -2.10. The van der Waals surface area contributed by atoms with Crippen molar-refractivity contribution in [3.05, 3.63) is 78.6 Å². The predicted octanol–water partition coefficient (Wildman–Crippen LogP) is 2.77. The lowest BCUT2D eigenvalue weighted by atomic mass is 10.2. The summed E-state index contributed by atoms with van der Waals surface area (Å²) in [6.07, 6.45) is 4.14. The first-order chi connectivity index (χ1) is 13.8. The van der Waals surface area contributed by atoms with E-state index in [1.807, 2.05) is 54.7 Å². The Kier molecular flexibility index (Phi) is 5.19. The number of aromatic nitrogens is 6. The smallest absolute Gasteiger partial charge is 0.338 e. The summed E-state index contributed by atoms with van der Waals surface area (Å²) in [7, 11) is 0. The summed E-state index contributed by atoms with van der Waals surface area (Å²) in [6, 6.07) is 18.6. The lowest BCUT2D eigenvalue weighted by molar-refractivity contribution is 0.0493. The molecule has 0 N–H and O–H groups in total. The molecule has 0 atom stereocenters. The fourth-order valence-electron chi connectivity index (χ4n) is 2.67. The Balaban J connectivity index is 1.25. The highest BCUT2D eigenvalue weighted by molar-refractivity contribution is 5.89. The highest BCUT2D eigenvalue weighted by Crippen LogP contribution is 2.12. The second-order valence-corrected chi connectivity index (χ2v) is 6.06. The van der Waals surface area contributed by atoms with Crippen molar-refractivity contribution >= 4 is 5.97 Å².